The van der Waals surface area contributed by atoms with E-state index in [1.807, 2.05) is 7.05 Å². The average molecular weight is 438 g/mol. The molecule has 2 aromatic heterocycles. The molecule has 9 heteroatoms. The van der Waals surface area contributed by atoms with Gasteiger partial charge in [-0.25, -0.2) is 13.4 Å². The molecular formula is C22H23N5O3S. The van der Waals surface area contributed by atoms with E-state index in [9.17, 15) is 13.2 Å². The first-order valence-electron chi connectivity index (χ1n) is 9.85. The fourth-order valence-corrected chi connectivity index (χ4v) is 4.95. The number of anilines is 1. The summed E-state index contributed by atoms with van der Waals surface area (Å²) in [6.07, 6.45) is 4.59. The van der Waals surface area contributed by atoms with Gasteiger partial charge in [0.1, 0.15) is 5.82 Å². The van der Waals surface area contributed by atoms with Crippen molar-refractivity contribution in [3.8, 4) is 11.1 Å². The lowest BCUT2D eigenvalue weighted by Crippen LogP contribution is -2.47. The topological polar surface area (TPSA) is 109 Å². The van der Waals surface area contributed by atoms with Crippen molar-refractivity contribution < 1.29 is 13.2 Å². The van der Waals surface area contributed by atoms with Crippen molar-refractivity contribution in [3.05, 3.63) is 72.2 Å². The van der Waals surface area contributed by atoms with Crippen molar-refractivity contribution in [2.45, 2.75) is 4.90 Å². The third-order valence-corrected chi connectivity index (χ3v) is 7.25. The molecule has 1 fully saturated rings. The Morgan fingerprint density at radius 2 is 1.77 bits per heavy atom. The van der Waals surface area contributed by atoms with Crippen LogP contribution in [0.15, 0.2) is 66.0 Å². The van der Waals surface area contributed by atoms with Crippen LogP contribution in [0.5, 0.6) is 0 Å². The third kappa shape index (κ3) is 4.34. The lowest BCUT2D eigenvalue weighted by atomic mass is 10.0. The van der Waals surface area contributed by atoms with Crippen molar-refractivity contribution in [1.82, 2.24) is 19.2 Å². The van der Waals surface area contributed by atoms with Crippen LogP contribution in [0.2, 0.25) is 0 Å². The SMILES string of the molecule is CN1CCN(S(=O)(=O)c2cccc(-c3cnc(N)c(C(=O)c4cccnc4)c3)c2)CC1. The smallest absolute Gasteiger partial charge is 0.243 e. The Kier molecular flexibility index (Phi) is 5.81. The molecule has 3 heterocycles. The Labute approximate surface area is 181 Å². The van der Waals surface area contributed by atoms with E-state index in [0.717, 1.165) is 0 Å². The Hall–Kier alpha value is -3.14. The van der Waals surface area contributed by atoms with Crippen LogP contribution < -0.4 is 5.73 Å². The molecule has 1 aliphatic rings. The molecule has 8 nitrogen and oxygen atoms in total. The van der Waals surface area contributed by atoms with Crippen molar-refractivity contribution >= 4 is 21.6 Å². The zero-order chi connectivity index (χ0) is 22.0. The molecule has 1 aliphatic heterocycles. The van der Waals surface area contributed by atoms with E-state index in [1.54, 1.807) is 48.7 Å². The molecule has 0 bridgehead atoms. The summed E-state index contributed by atoms with van der Waals surface area (Å²) in [6.45, 7) is 2.30. The number of pyridine rings is 2. The van der Waals surface area contributed by atoms with E-state index < -0.39 is 10.0 Å². The number of hydrogen-bond acceptors (Lipinski definition) is 7. The van der Waals surface area contributed by atoms with Crippen LogP contribution in [0.25, 0.3) is 11.1 Å². The number of benzene rings is 1. The molecule has 4 rings (SSSR count). The van der Waals surface area contributed by atoms with E-state index in [-0.39, 0.29) is 22.1 Å². The Balaban J connectivity index is 1.68. The molecule has 0 radical (unpaired) electrons. The molecule has 3 aromatic rings. The number of aromatic nitrogens is 2. The van der Waals surface area contributed by atoms with E-state index in [2.05, 4.69) is 14.9 Å². The minimum Gasteiger partial charge on any atom is -0.383 e. The van der Waals surface area contributed by atoms with E-state index in [0.29, 0.717) is 42.9 Å². The third-order valence-electron chi connectivity index (χ3n) is 5.35. The summed E-state index contributed by atoms with van der Waals surface area (Å²) in [5.74, 6) is -0.181. The molecule has 0 unspecified atom stereocenters. The summed E-state index contributed by atoms with van der Waals surface area (Å²) in [6, 6.07) is 11.6. The molecule has 0 atom stereocenters. The van der Waals surface area contributed by atoms with Gasteiger partial charge < -0.3 is 10.6 Å². The van der Waals surface area contributed by atoms with Crippen LogP contribution in [0.1, 0.15) is 15.9 Å². The lowest BCUT2D eigenvalue weighted by Gasteiger charge is -2.31. The van der Waals surface area contributed by atoms with Gasteiger partial charge >= 0.3 is 0 Å². The summed E-state index contributed by atoms with van der Waals surface area (Å²) in [4.78, 5) is 23.3. The van der Waals surface area contributed by atoms with Crippen LogP contribution in [0, 0.1) is 0 Å². The molecule has 0 saturated carbocycles. The number of ketones is 1. The molecule has 0 spiro atoms. The number of carbonyl (C=O) groups excluding carboxylic acids is 1. The van der Waals surface area contributed by atoms with Crippen molar-refractivity contribution in [2.75, 3.05) is 39.0 Å². The number of likely N-dealkylation sites (N-methyl/N-ethyl adjacent to an activating group) is 1. The molecule has 0 amide bonds. The minimum absolute atomic E-state index is 0.110. The molecule has 1 saturated heterocycles. The van der Waals surface area contributed by atoms with E-state index >= 15 is 0 Å². The van der Waals surface area contributed by atoms with Crippen molar-refractivity contribution in [2.24, 2.45) is 0 Å². The fourth-order valence-electron chi connectivity index (χ4n) is 3.48. The summed E-state index contributed by atoms with van der Waals surface area (Å²) in [5.41, 5.74) is 7.85. The first-order chi connectivity index (χ1) is 14.9. The number of nitrogen functional groups attached to an aromatic ring is 1. The highest BCUT2D eigenvalue weighted by atomic mass is 32.2. The Bertz CT molecular complexity index is 1210. The van der Waals surface area contributed by atoms with Gasteiger partial charge in [-0.3, -0.25) is 9.78 Å². The summed E-state index contributed by atoms with van der Waals surface area (Å²) < 4.78 is 27.7. The van der Waals surface area contributed by atoms with Gasteiger partial charge in [0.05, 0.1) is 10.5 Å². The number of hydrogen-bond donors (Lipinski definition) is 1. The summed E-state index contributed by atoms with van der Waals surface area (Å²) in [5, 5.41) is 0. The predicted molar refractivity (Wildman–Crippen MR) is 118 cm³/mol. The maximum Gasteiger partial charge on any atom is 0.243 e. The summed E-state index contributed by atoms with van der Waals surface area (Å²) in [7, 11) is -1.63. The van der Waals surface area contributed by atoms with Gasteiger partial charge in [0.25, 0.3) is 0 Å². The van der Waals surface area contributed by atoms with Crippen LogP contribution in [-0.4, -0.2) is 66.6 Å². The van der Waals surface area contributed by atoms with Crippen LogP contribution in [0.4, 0.5) is 5.82 Å². The number of sulfonamides is 1. The average Bonchev–Trinajstić information content (AvgIpc) is 2.80. The van der Waals surface area contributed by atoms with E-state index in [1.165, 1.54) is 16.7 Å². The standard InChI is InChI=1S/C22H23N5O3S/c1-26-8-10-27(11-9-26)31(29,30)19-6-2-4-16(12-19)18-13-20(22(23)25-15-18)21(28)17-5-3-7-24-14-17/h2-7,12-15H,8-11H2,1H3,(H2,23,25). The lowest BCUT2D eigenvalue weighted by molar-refractivity contribution is 0.103. The molecule has 1 aromatic carbocycles. The van der Waals surface area contributed by atoms with Gasteiger partial charge in [0.15, 0.2) is 5.78 Å². The minimum atomic E-state index is -3.61. The van der Waals surface area contributed by atoms with Gasteiger partial charge in [0.2, 0.25) is 10.0 Å². The number of piperazine rings is 1. The van der Waals surface area contributed by atoms with Crippen LogP contribution in [-0.2, 0) is 10.0 Å². The normalized spacial score (nSPS) is 15.6. The van der Waals surface area contributed by atoms with Crippen molar-refractivity contribution in [1.29, 1.82) is 0 Å². The van der Waals surface area contributed by atoms with E-state index in [4.69, 9.17) is 5.73 Å². The maximum atomic E-state index is 13.1. The molecule has 0 aliphatic carbocycles. The Morgan fingerprint density at radius 3 is 2.48 bits per heavy atom. The summed E-state index contributed by atoms with van der Waals surface area (Å²) >= 11 is 0. The first kappa shape index (κ1) is 21.1. The number of rotatable bonds is 5. The van der Waals surface area contributed by atoms with Gasteiger partial charge in [-0.2, -0.15) is 4.31 Å². The molecule has 2 N–H and O–H groups in total. The maximum absolute atomic E-state index is 13.1. The zero-order valence-electron chi connectivity index (χ0n) is 17.1. The Morgan fingerprint density at radius 1 is 1.00 bits per heavy atom. The van der Waals surface area contributed by atoms with Gasteiger partial charge in [-0.05, 0) is 42.9 Å². The monoisotopic (exact) mass is 437 g/mol. The zero-order valence-corrected chi connectivity index (χ0v) is 17.9. The van der Waals surface area contributed by atoms with Gasteiger partial charge in [-0.15, -0.1) is 0 Å². The van der Waals surface area contributed by atoms with Gasteiger partial charge in [0, 0.05) is 55.9 Å². The van der Waals surface area contributed by atoms with Crippen LogP contribution in [0.3, 0.4) is 0 Å². The molecular weight excluding hydrogens is 414 g/mol. The highest BCUT2D eigenvalue weighted by Crippen LogP contribution is 2.27. The highest BCUT2D eigenvalue weighted by molar-refractivity contribution is 7.89. The van der Waals surface area contributed by atoms with Crippen LogP contribution >= 0.6 is 0 Å². The molecule has 31 heavy (non-hydrogen) atoms. The second-order valence-electron chi connectivity index (χ2n) is 7.46. The molecule has 160 valence electrons. The second-order valence-corrected chi connectivity index (χ2v) is 9.40. The second kappa shape index (κ2) is 8.54. The predicted octanol–water partition coefficient (Wildman–Crippen LogP) is 1.89. The first-order valence-corrected chi connectivity index (χ1v) is 11.3. The quantitative estimate of drug-likeness (QED) is 0.607. The number of carbonyl (C=O) groups is 1. The highest BCUT2D eigenvalue weighted by Gasteiger charge is 2.27. The number of nitrogens with two attached hydrogens (primary N) is 1. The number of nitrogens with zero attached hydrogens (tertiary/aromatic N) is 4. The fraction of sp³-hybridized carbons (Fsp3) is 0.227. The van der Waals surface area contributed by atoms with Crippen molar-refractivity contribution in [3.63, 3.8) is 0 Å². The van der Waals surface area contributed by atoms with Gasteiger partial charge in [-0.1, -0.05) is 12.1 Å². The largest absolute Gasteiger partial charge is 0.383 e.